The van der Waals surface area contributed by atoms with Crippen LogP contribution < -0.4 is 4.72 Å². The van der Waals surface area contributed by atoms with Gasteiger partial charge in [-0.15, -0.1) is 0 Å². The molecule has 0 heterocycles. The van der Waals surface area contributed by atoms with Gasteiger partial charge >= 0.3 is 0 Å². The molecule has 2 N–H and O–H groups in total. The summed E-state index contributed by atoms with van der Waals surface area (Å²) in [5.74, 6) is 0.286. The van der Waals surface area contributed by atoms with Crippen LogP contribution in [-0.2, 0) is 10.0 Å². The van der Waals surface area contributed by atoms with Gasteiger partial charge in [-0.05, 0) is 43.0 Å². The molecule has 1 atom stereocenters. The number of halogens is 1. The third kappa shape index (κ3) is 7.62. The molecule has 0 amide bonds. The smallest absolute Gasteiger partial charge is 0.233 e. The molecule has 4 nitrogen and oxygen atoms in total. The average molecular weight is 332 g/mol. The fraction of sp³-hybridized carbons (Fsp3) is 0.467. The molecule has 0 spiro atoms. The minimum Gasteiger partial charge on any atom is -0.389 e. The van der Waals surface area contributed by atoms with Crippen LogP contribution in [0.25, 0.3) is 6.08 Å². The van der Waals surface area contributed by atoms with Crippen LogP contribution in [0.5, 0.6) is 0 Å². The van der Waals surface area contributed by atoms with Gasteiger partial charge in [0.2, 0.25) is 10.0 Å². The molecule has 0 saturated carbocycles. The molecule has 0 aliphatic rings. The van der Waals surface area contributed by atoms with Gasteiger partial charge in [0.25, 0.3) is 0 Å². The molecular weight excluding hydrogens is 310 g/mol. The van der Waals surface area contributed by atoms with Gasteiger partial charge in [-0.2, -0.15) is 0 Å². The van der Waals surface area contributed by atoms with E-state index in [1.165, 1.54) is 6.08 Å². The van der Waals surface area contributed by atoms with Crippen molar-refractivity contribution in [3.8, 4) is 0 Å². The van der Waals surface area contributed by atoms with Crippen molar-refractivity contribution in [3.05, 3.63) is 40.3 Å². The first-order valence-corrected chi connectivity index (χ1v) is 8.68. The number of sulfonamides is 1. The minimum atomic E-state index is -3.58. The topological polar surface area (TPSA) is 66.4 Å². The van der Waals surface area contributed by atoms with Crippen LogP contribution >= 0.6 is 11.6 Å². The highest BCUT2D eigenvalue weighted by Crippen LogP contribution is 2.16. The predicted octanol–water partition coefficient (Wildman–Crippen LogP) is 3.03. The third-order valence-corrected chi connectivity index (χ3v) is 4.10. The van der Waals surface area contributed by atoms with Gasteiger partial charge in [0, 0.05) is 17.0 Å². The average Bonchev–Trinajstić information content (AvgIpc) is 2.35. The molecule has 1 aromatic rings. The zero-order chi connectivity index (χ0) is 16.1. The summed E-state index contributed by atoms with van der Waals surface area (Å²) in [4.78, 5) is 0. The van der Waals surface area contributed by atoms with E-state index in [-0.39, 0.29) is 12.5 Å². The maximum atomic E-state index is 11.9. The number of rotatable bonds is 7. The van der Waals surface area contributed by atoms with Gasteiger partial charge in [-0.3, -0.25) is 0 Å². The lowest BCUT2D eigenvalue weighted by atomic mass is 9.95. The SMILES string of the molecule is CC(C)CC(C)(O)CNS(=O)(=O)C=Cc1ccc(Cl)cc1. The first-order chi connectivity index (χ1) is 9.60. The lowest BCUT2D eigenvalue weighted by molar-refractivity contribution is 0.0437. The summed E-state index contributed by atoms with van der Waals surface area (Å²) in [6.45, 7) is 5.56. The van der Waals surface area contributed by atoms with Crippen LogP contribution in [0.3, 0.4) is 0 Å². The molecule has 0 bridgehead atoms. The van der Waals surface area contributed by atoms with E-state index in [0.717, 1.165) is 11.0 Å². The number of hydrogen-bond donors (Lipinski definition) is 2. The maximum Gasteiger partial charge on any atom is 0.233 e. The first kappa shape index (κ1) is 18.2. The van der Waals surface area contributed by atoms with E-state index >= 15 is 0 Å². The molecule has 0 aliphatic heterocycles. The lowest BCUT2D eigenvalue weighted by Gasteiger charge is -2.25. The zero-order valence-electron chi connectivity index (χ0n) is 12.5. The highest BCUT2D eigenvalue weighted by atomic mass is 35.5. The van der Waals surface area contributed by atoms with Crippen LogP contribution in [0.15, 0.2) is 29.7 Å². The van der Waals surface area contributed by atoms with Crippen molar-refractivity contribution in [2.24, 2.45) is 5.92 Å². The molecule has 1 rings (SSSR count). The number of aliphatic hydroxyl groups is 1. The second-order valence-electron chi connectivity index (χ2n) is 5.82. The Balaban J connectivity index is 2.63. The Labute approximate surface area is 131 Å². The molecule has 21 heavy (non-hydrogen) atoms. The van der Waals surface area contributed by atoms with Gasteiger partial charge in [0.05, 0.1) is 5.60 Å². The molecule has 1 unspecified atom stereocenters. The Morgan fingerprint density at radius 3 is 2.43 bits per heavy atom. The van der Waals surface area contributed by atoms with Crippen LogP contribution in [0, 0.1) is 5.92 Å². The predicted molar refractivity (Wildman–Crippen MR) is 87.5 cm³/mol. The van der Waals surface area contributed by atoms with Gasteiger partial charge in [-0.25, -0.2) is 13.1 Å². The van der Waals surface area contributed by atoms with Crippen molar-refractivity contribution in [2.45, 2.75) is 32.8 Å². The Kier molecular flexibility index (Phi) is 6.41. The van der Waals surface area contributed by atoms with E-state index in [4.69, 9.17) is 11.6 Å². The Morgan fingerprint density at radius 2 is 1.90 bits per heavy atom. The molecule has 0 fully saturated rings. The standard InChI is InChI=1S/C15H22ClNO3S/c1-12(2)10-15(3,18)11-17-21(19,20)9-8-13-4-6-14(16)7-5-13/h4-9,12,17-18H,10-11H2,1-3H3. The Bertz CT molecular complexity index is 577. The number of hydrogen-bond acceptors (Lipinski definition) is 3. The van der Waals surface area contributed by atoms with Crippen LogP contribution in [-0.4, -0.2) is 25.7 Å². The highest BCUT2D eigenvalue weighted by molar-refractivity contribution is 7.92. The Morgan fingerprint density at radius 1 is 1.33 bits per heavy atom. The second-order valence-corrected chi connectivity index (χ2v) is 7.90. The highest BCUT2D eigenvalue weighted by Gasteiger charge is 2.23. The first-order valence-electron chi connectivity index (χ1n) is 6.75. The maximum absolute atomic E-state index is 11.9. The van der Waals surface area contributed by atoms with E-state index in [1.54, 1.807) is 31.2 Å². The second kappa shape index (κ2) is 7.40. The molecule has 0 aliphatic carbocycles. The zero-order valence-corrected chi connectivity index (χ0v) is 14.1. The molecule has 1 aromatic carbocycles. The summed E-state index contributed by atoms with van der Waals surface area (Å²) < 4.78 is 26.1. The van der Waals surface area contributed by atoms with Crippen molar-refractivity contribution in [2.75, 3.05) is 6.54 Å². The van der Waals surface area contributed by atoms with Gasteiger partial charge < -0.3 is 5.11 Å². The summed E-state index contributed by atoms with van der Waals surface area (Å²) in [6.07, 6.45) is 2.01. The van der Waals surface area contributed by atoms with Crippen LogP contribution in [0.2, 0.25) is 5.02 Å². The largest absolute Gasteiger partial charge is 0.389 e. The third-order valence-electron chi connectivity index (χ3n) is 2.81. The van der Waals surface area contributed by atoms with E-state index in [2.05, 4.69) is 4.72 Å². The lowest BCUT2D eigenvalue weighted by Crippen LogP contribution is -2.40. The van der Waals surface area contributed by atoms with E-state index in [0.29, 0.717) is 11.4 Å². The monoisotopic (exact) mass is 331 g/mol. The van der Waals surface area contributed by atoms with E-state index in [1.807, 2.05) is 13.8 Å². The van der Waals surface area contributed by atoms with Crippen molar-refractivity contribution in [1.82, 2.24) is 4.72 Å². The van der Waals surface area contributed by atoms with Crippen LogP contribution in [0.1, 0.15) is 32.8 Å². The number of benzene rings is 1. The molecule has 118 valence electrons. The van der Waals surface area contributed by atoms with Crippen molar-refractivity contribution >= 4 is 27.7 Å². The summed E-state index contributed by atoms with van der Waals surface area (Å²) in [5.41, 5.74) is -0.325. The van der Waals surface area contributed by atoms with Gasteiger partial charge in [-0.1, -0.05) is 37.6 Å². The molecule has 0 radical (unpaired) electrons. The summed E-state index contributed by atoms with van der Waals surface area (Å²) in [5, 5.41) is 11.8. The minimum absolute atomic E-state index is 0.0154. The van der Waals surface area contributed by atoms with Crippen molar-refractivity contribution in [1.29, 1.82) is 0 Å². The molecule has 6 heteroatoms. The van der Waals surface area contributed by atoms with Crippen LogP contribution in [0.4, 0.5) is 0 Å². The van der Waals surface area contributed by atoms with Crippen molar-refractivity contribution in [3.63, 3.8) is 0 Å². The fourth-order valence-electron chi connectivity index (χ4n) is 2.00. The summed E-state index contributed by atoms with van der Waals surface area (Å²) >= 11 is 5.76. The van der Waals surface area contributed by atoms with E-state index < -0.39 is 15.6 Å². The molecule has 0 saturated heterocycles. The van der Waals surface area contributed by atoms with Crippen molar-refractivity contribution < 1.29 is 13.5 Å². The van der Waals surface area contributed by atoms with E-state index in [9.17, 15) is 13.5 Å². The van der Waals surface area contributed by atoms with Gasteiger partial charge in [0.15, 0.2) is 0 Å². The van der Waals surface area contributed by atoms with Gasteiger partial charge in [0.1, 0.15) is 0 Å². The summed E-state index contributed by atoms with van der Waals surface area (Å²) in [6, 6.07) is 6.83. The Hall–Kier alpha value is -0.880. The molecule has 0 aromatic heterocycles. The number of nitrogens with one attached hydrogen (secondary N) is 1. The molecular formula is C15H22ClNO3S. The fourth-order valence-corrected chi connectivity index (χ4v) is 3.07. The summed E-state index contributed by atoms with van der Waals surface area (Å²) in [7, 11) is -3.58. The normalized spacial score (nSPS) is 15.5. The quantitative estimate of drug-likeness (QED) is 0.807.